The van der Waals surface area contributed by atoms with Crippen molar-refractivity contribution in [1.29, 1.82) is 0 Å². The van der Waals surface area contributed by atoms with Gasteiger partial charge in [-0.2, -0.15) is 0 Å². The van der Waals surface area contributed by atoms with E-state index in [1.165, 1.54) is 4.90 Å². The summed E-state index contributed by atoms with van der Waals surface area (Å²) in [6.45, 7) is 0. The van der Waals surface area contributed by atoms with Crippen LogP contribution in [0.1, 0.15) is 6.42 Å². The topological polar surface area (TPSA) is 83.6 Å². The number of para-hydroxylation sites is 1. The van der Waals surface area contributed by atoms with E-state index in [1.54, 1.807) is 31.3 Å². The minimum Gasteiger partial charge on any atom is -0.480 e. The Kier molecular flexibility index (Phi) is 3.88. The van der Waals surface area contributed by atoms with Gasteiger partial charge in [-0.1, -0.05) is 18.2 Å². The summed E-state index contributed by atoms with van der Waals surface area (Å²) in [6.07, 6.45) is -0.208. The van der Waals surface area contributed by atoms with E-state index < -0.39 is 17.9 Å². The van der Waals surface area contributed by atoms with Crippen LogP contribution in [0.4, 0.5) is 5.69 Å². The van der Waals surface area contributed by atoms with Crippen molar-refractivity contribution in [2.24, 2.45) is 5.73 Å². The molecule has 86 valence electrons. The molecule has 0 aromatic heterocycles. The SMILES string of the molecule is CN(c1ccccc1)C(CC(N)=O)C(=O)O. The Morgan fingerprint density at radius 1 is 1.38 bits per heavy atom. The van der Waals surface area contributed by atoms with E-state index in [2.05, 4.69) is 0 Å². The Balaban J connectivity index is 2.87. The highest BCUT2D eigenvalue weighted by atomic mass is 16.4. The molecule has 16 heavy (non-hydrogen) atoms. The van der Waals surface area contributed by atoms with Crippen molar-refractivity contribution in [2.45, 2.75) is 12.5 Å². The second-order valence-corrected chi connectivity index (χ2v) is 3.47. The molecular weight excluding hydrogens is 208 g/mol. The summed E-state index contributed by atoms with van der Waals surface area (Å²) in [7, 11) is 1.62. The number of rotatable bonds is 5. The second-order valence-electron chi connectivity index (χ2n) is 3.47. The number of hydrogen-bond donors (Lipinski definition) is 2. The largest absolute Gasteiger partial charge is 0.480 e. The van der Waals surface area contributed by atoms with Gasteiger partial charge in [0.2, 0.25) is 5.91 Å². The van der Waals surface area contributed by atoms with Crippen molar-refractivity contribution in [2.75, 3.05) is 11.9 Å². The molecule has 0 saturated heterocycles. The number of anilines is 1. The van der Waals surface area contributed by atoms with Gasteiger partial charge >= 0.3 is 5.97 Å². The Morgan fingerprint density at radius 3 is 2.38 bits per heavy atom. The van der Waals surface area contributed by atoms with E-state index in [1.807, 2.05) is 6.07 Å². The number of primary amides is 1. The standard InChI is InChI=1S/C11H14N2O3/c1-13(8-5-3-2-4-6-8)9(11(15)16)7-10(12)14/h2-6,9H,7H2,1H3,(H2,12,14)(H,15,16). The van der Waals surface area contributed by atoms with Crippen LogP contribution >= 0.6 is 0 Å². The third kappa shape index (κ3) is 2.98. The Morgan fingerprint density at radius 2 is 1.94 bits per heavy atom. The van der Waals surface area contributed by atoms with Crippen LogP contribution in [0.2, 0.25) is 0 Å². The maximum atomic E-state index is 11.0. The number of likely N-dealkylation sites (N-methyl/N-ethyl adjacent to an activating group) is 1. The molecule has 5 nitrogen and oxygen atoms in total. The van der Waals surface area contributed by atoms with E-state index in [4.69, 9.17) is 10.8 Å². The van der Waals surface area contributed by atoms with Gasteiger partial charge in [0.15, 0.2) is 0 Å². The Labute approximate surface area is 93.5 Å². The van der Waals surface area contributed by atoms with Crippen LogP contribution < -0.4 is 10.6 Å². The van der Waals surface area contributed by atoms with Crippen LogP contribution in [-0.2, 0) is 9.59 Å². The van der Waals surface area contributed by atoms with Gasteiger partial charge in [-0.3, -0.25) is 4.79 Å². The molecule has 1 aromatic rings. The summed E-state index contributed by atoms with van der Waals surface area (Å²) in [6, 6.07) is 8.05. The van der Waals surface area contributed by atoms with Gasteiger partial charge in [-0.25, -0.2) is 4.79 Å². The summed E-state index contributed by atoms with van der Waals surface area (Å²) in [5, 5.41) is 9.00. The van der Waals surface area contributed by atoms with Crippen molar-refractivity contribution >= 4 is 17.6 Å². The van der Waals surface area contributed by atoms with E-state index in [0.29, 0.717) is 0 Å². The fourth-order valence-electron chi connectivity index (χ4n) is 1.42. The summed E-state index contributed by atoms with van der Waals surface area (Å²) < 4.78 is 0. The summed E-state index contributed by atoms with van der Waals surface area (Å²) in [5.74, 6) is -1.69. The average Bonchev–Trinajstić information content (AvgIpc) is 2.25. The molecule has 5 heteroatoms. The van der Waals surface area contributed by atoms with Crippen LogP contribution in [-0.4, -0.2) is 30.1 Å². The lowest BCUT2D eigenvalue weighted by Gasteiger charge is -2.25. The zero-order chi connectivity index (χ0) is 12.1. The first kappa shape index (κ1) is 12.0. The molecule has 1 unspecified atom stereocenters. The lowest BCUT2D eigenvalue weighted by Crippen LogP contribution is -2.41. The molecule has 0 aliphatic heterocycles. The van der Waals surface area contributed by atoms with Crippen molar-refractivity contribution in [3.05, 3.63) is 30.3 Å². The molecule has 3 N–H and O–H groups in total. The third-order valence-electron chi connectivity index (χ3n) is 2.31. The molecule has 1 amide bonds. The first-order valence-corrected chi connectivity index (χ1v) is 4.81. The number of carboxylic acids is 1. The van der Waals surface area contributed by atoms with Gasteiger partial charge in [0.05, 0.1) is 6.42 Å². The minimum atomic E-state index is -1.06. The van der Waals surface area contributed by atoms with Crippen LogP contribution in [0.5, 0.6) is 0 Å². The molecule has 0 aliphatic carbocycles. The molecule has 0 aliphatic rings. The van der Waals surface area contributed by atoms with Crippen LogP contribution in [0.3, 0.4) is 0 Å². The Bertz CT molecular complexity index is 378. The normalized spacial score (nSPS) is 11.8. The predicted molar refractivity (Wildman–Crippen MR) is 60.1 cm³/mol. The molecule has 0 heterocycles. The predicted octanol–water partition coefficient (Wildman–Crippen LogP) is 0.451. The molecule has 0 bridgehead atoms. The van der Waals surface area contributed by atoms with Gasteiger partial charge in [0.1, 0.15) is 6.04 Å². The van der Waals surface area contributed by atoms with Crippen molar-refractivity contribution in [3.8, 4) is 0 Å². The monoisotopic (exact) mass is 222 g/mol. The smallest absolute Gasteiger partial charge is 0.326 e. The number of carbonyl (C=O) groups excluding carboxylic acids is 1. The first-order chi connectivity index (χ1) is 7.52. The third-order valence-corrected chi connectivity index (χ3v) is 2.31. The van der Waals surface area contributed by atoms with Crippen molar-refractivity contribution in [3.63, 3.8) is 0 Å². The lowest BCUT2D eigenvalue weighted by atomic mass is 10.1. The number of benzene rings is 1. The van der Waals surface area contributed by atoms with Gasteiger partial charge in [-0.15, -0.1) is 0 Å². The summed E-state index contributed by atoms with van der Waals surface area (Å²) >= 11 is 0. The molecule has 0 fully saturated rings. The van der Waals surface area contributed by atoms with Crippen molar-refractivity contribution in [1.82, 2.24) is 0 Å². The maximum absolute atomic E-state index is 11.0. The van der Waals surface area contributed by atoms with Crippen molar-refractivity contribution < 1.29 is 14.7 Å². The first-order valence-electron chi connectivity index (χ1n) is 4.81. The maximum Gasteiger partial charge on any atom is 0.326 e. The van der Waals surface area contributed by atoms with Crippen LogP contribution in [0.15, 0.2) is 30.3 Å². The number of nitrogens with zero attached hydrogens (tertiary/aromatic N) is 1. The number of carbonyl (C=O) groups is 2. The van der Waals surface area contributed by atoms with E-state index in [0.717, 1.165) is 5.69 Å². The average molecular weight is 222 g/mol. The summed E-state index contributed by atoms with van der Waals surface area (Å²) in [4.78, 5) is 23.3. The number of amides is 1. The summed E-state index contributed by atoms with van der Waals surface area (Å²) in [5.41, 5.74) is 5.75. The van der Waals surface area contributed by atoms with E-state index in [-0.39, 0.29) is 6.42 Å². The number of hydrogen-bond acceptors (Lipinski definition) is 3. The van der Waals surface area contributed by atoms with Gasteiger partial charge in [0.25, 0.3) is 0 Å². The molecule has 1 atom stereocenters. The second kappa shape index (κ2) is 5.16. The highest BCUT2D eigenvalue weighted by Gasteiger charge is 2.24. The highest BCUT2D eigenvalue weighted by molar-refractivity contribution is 5.86. The molecule has 1 rings (SSSR count). The van der Waals surface area contributed by atoms with Crippen LogP contribution in [0, 0.1) is 0 Å². The highest BCUT2D eigenvalue weighted by Crippen LogP contribution is 2.16. The number of nitrogens with two attached hydrogens (primary N) is 1. The number of aliphatic carboxylic acids is 1. The molecule has 0 radical (unpaired) electrons. The zero-order valence-electron chi connectivity index (χ0n) is 8.96. The van der Waals surface area contributed by atoms with Gasteiger partial charge in [-0.05, 0) is 12.1 Å². The van der Waals surface area contributed by atoms with Gasteiger partial charge in [0, 0.05) is 12.7 Å². The quantitative estimate of drug-likeness (QED) is 0.757. The fourth-order valence-corrected chi connectivity index (χ4v) is 1.42. The zero-order valence-corrected chi connectivity index (χ0v) is 8.96. The Hall–Kier alpha value is -2.04. The van der Waals surface area contributed by atoms with Crippen LogP contribution in [0.25, 0.3) is 0 Å². The fraction of sp³-hybridized carbons (Fsp3) is 0.273. The molecule has 0 spiro atoms. The minimum absolute atomic E-state index is 0.208. The van der Waals surface area contributed by atoms with E-state index in [9.17, 15) is 9.59 Å². The van der Waals surface area contributed by atoms with E-state index >= 15 is 0 Å². The number of carboxylic acid groups (broad SMARTS) is 1. The van der Waals surface area contributed by atoms with Gasteiger partial charge < -0.3 is 15.7 Å². The molecule has 1 aromatic carbocycles. The molecular formula is C11H14N2O3. The molecule has 0 saturated carbocycles. The lowest BCUT2D eigenvalue weighted by molar-refractivity contribution is -0.140.